The van der Waals surface area contributed by atoms with Crippen LogP contribution in [0.25, 0.3) is 0 Å². The summed E-state index contributed by atoms with van der Waals surface area (Å²) in [7, 11) is 1.75. The van der Waals surface area contributed by atoms with Crippen molar-refractivity contribution in [3.8, 4) is 0 Å². The van der Waals surface area contributed by atoms with Gasteiger partial charge in [0.15, 0.2) is 0 Å². The lowest BCUT2D eigenvalue weighted by Crippen LogP contribution is -2.18. The van der Waals surface area contributed by atoms with Crippen LogP contribution in [-0.2, 0) is 13.6 Å². The van der Waals surface area contributed by atoms with Gasteiger partial charge in [0.2, 0.25) is 0 Å². The molecule has 1 aromatic heterocycles. The summed E-state index contributed by atoms with van der Waals surface area (Å²) < 4.78 is 1.59. The van der Waals surface area contributed by atoms with Crippen molar-refractivity contribution in [3.05, 3.63) is 17.5 Å². The third-order valence-corrected chi connectivity index (χ3v) is 2.01. The van der Waals surface area contributed by atoms with Gasteiger partial charge in [-0.3, -0.25) is 4.68 Å². The quantitative estimate of drug-likeness (QED) is 0.679. The number of aryl methyl sites for hydroxylation is 1. The third-order valence-electron chi connectivity index (χ3n) is 2.01. The van der Waals surface area contributed by atoms with Crippen LogP contribution in [0.5, 0.6) is 0 Å². The van der Waals surface area contributed by atoms with E-state index in [2.05, 4.69) is 17.3 Å². The number of carboxylic acids is 1. The summed E-state index contributed by atoms with van der Waals surface area (Å²) in [5, 5.41) is 15.9. The van der Waals surface area contributed by atoms with E-state index in [0.717, 1.165) is 13.0 Å². The maximum Gasteiger partial charge on any atom is 0.339 e. The molecule has 0 saturated heterocycles. The van der Waals surface area contributed by atoms with Crippen LogP contribution in [0.3, 0.4) is 0 Å². The summed E-state index contributed by atoms with van der Waals surface area (Å²) in [5.41, 5.74) is 0.988. The van der Waals surface area contributed by atoms with Crippen LogP contribution in [0.2, 0.25) is 0 Å². The van der Waals surface area contributed by atoms with Gasteiger partial charge < -0.3 is 10.4 Å². The summed E-state index contributed by atoms with van der Waals surface area (Å²) in [6, 6.07) is 0. The summed E-state index contributed by atoms with van der Waals surface area (Å²) in [4.78, 5) is 10.8. The second-order valence-corrected chi connectivity index (χ2v) is 3.11. The van der Waals surface area contributed by atoms with Gasteiger partial charge in [0.25, 0.3) is 0 Å². The molecule has 0 spiro atoms. The van der Waals surface area contributed by atoms with Gasteiger partial charge in [-0.2, -0.15) is 5.10 Å². The Labute approximate surface area is 82.7 Å². The molecule has 14 heavy (non-hydrogen) atoms. The fraction of sp³-hybridized carbons (Fsp3) is 0.556. The third kappa shape index (κ3) is 2.32. The monoisotopic (exact) mass is 197 g/mol. The normalized spacial score (nSPS) is 10.4. The van der Waals surface area contributed by atoms with Crippen LogP contribution in [0.1, 0.15) is 29.4 Å². The highest BCUT2D eigenvalue weighted by molar-refractivity contribution is 5.88. The molecule has 0 aliphatic carbocycles. The molecule has 1 aromatic rings. The largest absolute Gasteiger partial charge is 0.478 e. The Balaban J connectivity index is 2.72. The number of aromatic carboxylic acids is 1. The molecule has 0 aliphatic heterocycles. The molecule has 0 bridgehead atoms. The minimum absolute atomic E-state index is 0.274. The second-order valence-electron chi connectivity index (χ2n) is 3.11. The molecular weight excluding hydrogens is 182 g/mol. The molecule has 0 aromatic carbocycles. The van der Waals surface area contributed by atoms with Crippen LogP contribution in [-0.4, -0.2) is 27.4 Å². The zero-order valence-electron chi connectivity index (χ0n) is 8.45. The van der Waals surface area contributed by atoms with Gasteiger partial charge in [0, 0.05) is 13.6 Å². The van der Waals surface area contributed by atoms with Crippen molar-refractivity contribution in [1.82, 2.24) is 15.1 Å². The van der Waals surface area contributed by atoms with E-state index < -0.39 is 5.97 Å². The van der Waals surface area contributed by atoms with E-state index in [1.54, 1.807) is 11.7 Å². The molecule has 0 fully saturated rings. The Hall–Kier alpha value is -1.36. The number of aromatic nitrogens is 2. The smallest absolute Gasteiger partial charge is 0.339 e. The van der Waals surface area contributed by atoms with E-state index in [1.165, 1.54) is 6.20 Å². The molecule has 5 heteroatoms. The molecule has 1 rings (SSSR count). The number of nitrogens with zero attached hydrogens (tertiary/aromatic N) is 2. The van der Waals surface area contributed by atoms with E-state index >= 15 is 0 Å². The van der Waals surface area contributed by atoms with E-state index in [0.29, 0.717) is 12.2 Å². The molecule has 78 valence electrons. The number of hydrogen-bond acceptors (Lipinski definition) is 3. The van der Waals surface area contributed by atoms with Gasteiger partial charge in [-0.05, 0) is 13.0 Å². The lowest BCUT2D eigenvalue weighted by molar-refractivity contribution is 0.0695. The van der Waals surface area contributed by atoms with Crippen LogP contribution in [0.4, 0.5) is 0 Å². The Bertz CT molecular complexity index is 320. The van der Waals surface area contributed by atoms with Crippen molar-refractivity contribution < 1.29 is 9.90 Å². The number of nitrogens with one attached hydrogen (secondary N) is 1. The van der Waals surface area contributed by atoms with E-state index in [1.807, 2.05) is 0 Å². The van der Waals surface area contributed by atoms with Gasteiger partial charge in [-0.15, -0.1) is 0 Å². The fourth-order valence-electron chi connectivity index (χ4n) is 1.23. The Morgan fingerprint density at radius 3 is 3.00 bits per heavy atom. The van der Waals surface area contributed by atoms with Crippen LogP contribution >= 0.6 is 0 Å². The van der Waals surface area contributed by atoms with E-state index in [4.69, 9.17) is 5.11 Å². The van der Waals surface area contributed by atoms with Crippen molar-refractivity contribution in [2.75, 3.05) is 6.54 Å². The molecule has 1 heterocycles. The first kappa shape index (κ1) is 10.7. The van der Waals surface area contributed by atoms with Crippen molar-refractivity contribution in [2.24, 2.45) is 7.05 Å². The van der Waals surface area contributed by atoms with Gasteiger partial charge in [-0.25, -0.2) is 4.79 Å². The van der Waals surface area contributed by atoms with Crippen molar-refractivity contribution in [2.45, 2.75) is 19.9 Å². The zero-order valence-corrected chi connectivity index (χ0v) is 8.45. The average molecular weight is 197 g/mol. The van der Waals surface area contributed by atoms with Gasteiger partial charge in [0.1, 0.15) is 5.56 Å². The lowest BCUT2D eigenvalue weighted by Gasteiger charge is -2.04. The molecule has 0 radical (unpaired) electrons. The summed E-state index contributed by atoms with van der Waals surface area (Å²) in [6.07, 6.45) is 2.41. The number of carboxylic acid groups (broad SMARTS) is 1. The Kier molecular flexibility index (Phi) is 3.64. The highest BCUT2D eigenvalue weighted by Crippen LogP contribution is 2.06. The topological polar surface area (TPSA) is 67.2 Å². The molecule has 0 atom stereocenters. The second kappa shape index (κ2) is 4.76. The summed E-state index contributed by atoms with van der Waals surface area (Å²) in [6.45, 7) is 3.49. The highest BCUT2D eigenvalue weighted by Gasteiger charge is 2.13. The van der Waals surface area contributed by atoms with Crippen LogP contribution in [0.15, 0.2) is 6.20 Å². The maximum absolute atomic E-state index is 10.8. The Morgan fingerprint density at radius 2 is 2.43 bits per heavy atom. The van der Waals surface area contributed by atoms with Gasteiger partial charge in [0.05, 0.1) is 11.9 Å². The standard InChI is InChI=1S/C9H15N3O2/c1-3-4-10-6-8-7(9(13)14)5-11-12(8)2/h5,10H,3-4,6H2,1-2H3,(H,13,14). The highest BCUT2D eigenvalue weighted by atomic mass is 16.4. The first-order valence-corrected chi connectivity index (χ1v) is 4.61. The number of carbonyl (C=O) groups is 1. The predicted molar refractivity (Wildman–Crippen MR) is 52.2 cm³/mol. The van der Waals surface area contributed by atoms with Crippen LogP contribution < -0.4 is 5.32 Å². The van der Waals surface area contributed by atoms with Crippen molar-refractivity contribution >= 4 is 5.97 Å². The van der Waals surface area contributed by atoms with Crippen molar-refractivity contribution in [3.63, 3.8) is 0 Å². The first-order valence-electron chi connectivity index (χ1n) is 4.61. The molecule has 0 unspecified atom stereocenters. The predicted octanol–water partition coefficient (Wildman–Crippen LogP) is 0.618. The molecule has 0 aliphatic rings. The molecule has 0 saturated carbocycles. The minimum Gasteiger partial charge on any atom is -0.478 e. The SMILES string of the molecule is CCCNCc1c(C(=O)O)cnn1C. The summed E-state index contributed by atoms with van der Waals surface area (Å²) >= 11 is 0. The lowest BCUT2D eigenvalue weighted by atomic mass is 10.2. The number of hydrogen-bond donors (Lipinski definition) is 2. The molecule has 0 amide bonds. The van der Waals surface area contributed by atoms with Crippen LogP contribution in [0, 0.1) is 0 Å². The molecule has 5 nitrogen and oxygen atoms in total. The first-order chi connectivity index (χ1) is 6.66. The average Bonchev–Trinajstić information content (AvgIpc) is 2.48. The minimum atomic E-state index is -0.925. The molecular formula is C9H15N3O2. The summed E-state index contributed by atoms with van der Waals surface area (Å²) in [5.74, 6) is -0.925. The maximum atomic E-state index is 10.8. The Morgan fingerprint density at radius 1 is 1.71 bits per heavy atom. The molecule has 2 N–H and O–H groups in total. The van der Waals surface area contributed by atoms with E-state index in [9.17, 15) is 4.79 Å². The zero-order chi connectivity index (χ0) is 10.6. The van der Waals surface area contributed by atoms with Gasteiger partial charge in [-0.1, -0.05) is 6.92 Å². The van der Waals surface area contributed by atoms with Gasteiger partial charge >= 0.3 is 5.97 Å². The van der Waals surface area contributed by atoms with Crippen molar-refractivity contribution in [1.29, 1.82) is 0 Å². The fourth-order valence-corrected chi connectivity index (χ4v) is 1.23. The number of rotatable bonds is 5. The van der Waals surface area contributed by atoms with E-state index in [-0.39, 0.29) is 5.56 Å².